The van der Waals surface area contributed by atoms with Crippen molar-refractivity contribution >= 4 is 0 Å². The average molecular weight is 210 g/mol. The highest BCUT2D eigenvalue weighted by atomic mass is 16.5. The Balaban J connectivity index is 2.45. The molecule has 0 amide bonds. The lowest BCUT2D eigenvalue weighted by Gasteiger charge is -2.20. The van der Waals surface area contributed by atoms with Crippen LogP contribution in [0.2, 0.25) is 0 Å². The number of hydrogen-bond donors (Lipinski definition) is 3. The normalized spacial score (nSPS) is 11.7. The summed E-state index contributed by atoms with van der Waals surface area (Å²) >= 11 is 0. The zero-order valence-corrected chi connectivity index (χ0v) is 8.76. The van der Waals surface area contributed by atoms with Crippen LogP contribution in [0, 0.1) is 0 Å². The molecule has 1 aromatic rings. The molecule has 0 atom stereocenters. The number of aliphatic hydroxyl groups is 2. The third-order valence-electron chi connectivity index (χ3n) is 2.30. The van der Waals surface area contributed by atoms with Crippen molar-refractivity contribution in [2.45, 2.75) is 31.5 Å². The van der Waals surface area contributed by atoms with Crippen LogP contribution in [0.4, 0.5) is 0 Å². The second-order valence-corrected chi connectivity index (χ2v) is 3.63. The number of unbranched alkanes of at least 4 members (excludes halogenated alkanes) is 2. The smallest absolute Gasteiger partial charge is 0.207 e. The number of aromatic nitrogens is 1. The van der Waals surface area contributed by atoms with Crippen LogP contribution >= 0.6 is 0 Å². The molecule has 4 heteroatoms. The van der Waals surface area contributed by atoms with Crippen molar-refractivity contribution in [3.05, 3.63) is 30.1 Å². The molecule has 0 fully saturated rings. The summed E-state index contributed by atoms with van der Waals surface area (Å²) < 4.78 is 0. The molecule has 0 saturated heterocycles. The fourth-order valence-corrected chi connectivity index (χ4v) is 1.42. The molecule has 0 spiro atoms. The molecule has 1 rings (SSSR count). The van der Waals surface area contributed by atoms with Gasteiger partial charge in [-0.05, 0) is 31.5 Å². The van der Waals surface area contributed by atoms with E-state index in [9.17, 15) is 10.2 Å². The third-order valence-corrected chi connectivity index (χ3v) is 2.30. The first-order valence-electron chi connectivity index (χ1n) is 5.23. The summed E-state index contributed by atoms with van der Waals surface area (Å²) in [5.74, 6) is -1.81. The van der Waals surface area contributed by atoms with Crippen LogP contribution in [0.15, 0.2) is 24.4 Å². The average Bonchev–Trinajstić information content (AvgIpc) is 2.26. The number of nitrogens with two attached hydrogens (primary N) is 1. The van der Waals surface area contributed by atoms with Gasteiger partial charge in [0.1, 0.15) is 0 Å². The first-order chi connectivity index (χ1) is 7.17. The molecule has 0 bridgehead atoms. The van der Waals surface area contributed by atoms with Crippen LogP contribution in [0.3, 0.4) is 0 Å². The highest BCUT2D eigenvalue weighted by Crippen LogP contribution is 2.22. The Bertz CT molecular complexity index is 275. The molecule has 1 heterocycles. The van der Waals surface area contributed by atoms with Gasteiger partial charge in [-0.15, -0.1) is 0 Å². The largest absolute Gasteiger partial charge is 0.361 e. The van der Waals surface area contributed by atoms with E-state index in [0.717, 1.165) is 19.3 Å². The zero-order valence-electron chi connectivity index (χ0n) is 8.76. The molecule has 0 aliphatic rings. The van der Waals surface area contributed by atoms with Crippen LogP contribution in [0.5, 0.6) is 0 Å². The van der Waals surface area contributed by atoms with Crippen LogP contribution in [0.1, 0.15) is 31.4 Å². The van der Waals surface area contributed by atoms with Gasteiger partial charge in [0, 0.05) is 12.6 Å². The fourth-order valence-electron chi connectivity index (χ4n) is 1.42. The van der Waals surface area contributed by atoms with Crippen LogP contribution < -0.4 is 5.73 Å². The third kappa shape index (κ3) is 3.95. The van der Waals surface area contributed by atoms with E-state index in [-0.39, 0.29) is 0 Å². The van der Waals surface area contributed by atoms with Crippen molar-refractivity contribution in [1.82, 2.24) is 4.98 Å². The van der Waals surface area contributed by atoms with Gasteiger partial charge in [0.2, 0.25) is 5.79 Å². The van der Waals surface area contributed by atoms with E-state index in [1.807, 2.05) is 0 Å². The molecule has 0 saturated carbocycles. The summed E-state index contributed by atoms with van der Waals surface area (Å²) in [6.45, 7) is 0.646. The summed E-state index contributed by atoms with van der Waals surface area (Å²) in [4.78, 5) is 3.92. The van der Waals surface area contributed by atoms with Gasteiger partial charge in [-0.25, -0.2) is 0 Å². The van der Waals surface area contributed by atoms with E-state index in [2.05, 4.69) is 4.98 Å². The van der Waals surface area contributed by atoms with Crippen molar-refractivity contribution in [2.24, 2.45) is 5.73 Å². The van der Waals surface area contributed by atoms with Gasteiger partial charge < -0.3 is 15.9 Å². The lowest BCUT2D eigenvalue weighted by atomic mass is 10.0. The Hall–Kier alpha value is -0.970. The molecule has 84 valence electrons. The Labute approximate surface area is 89.8 Å². The van der Waals surface area contributed by atoms with E-state index in [1.165, 1.54) is 0 Å². The molecule has 0 radical (unpaired) electrons. The minimum atomic E-state index is -1.81. The van der Waals surface area contributed by atoms with Crippen LogP contribution in [-0.2, 0) is 5.79 Å². The summed E-state index contributed by atoms with van der Waals surface area (Å²) in [6.07, 6.45) is 4.41. The Morgan fingerprint density at radius 2 is 2.00 bits per heavy atom. The SMILES string of the molecule is NCCCCCC(O)(O)c1ccccn1. The maximum atomic E-state index is 9.75. The predicted molar refractivity (Wildman–Crippen MR) is 57.9 cm³/mol. The summed E-state index contributed by atoms with van der Waals surface area (Å²) in [7, 11) is 0. The van der Waals surface area contributed by atoms with E-state index in [1.54, 1.807) is 24.4 Å². The minimum absolute atomic E-state index is 0.296. The fraction of sp³-hybridized carbons (Fsp3) is 0.545. The molecule has 15 heavy (non-hydrogen) atoms. The van der Waals surface area contributed by atoms with Gasteiger partial charge in [0.25, 0.3) is 0 Å². The van der Waals surface area contributed by atoms with E-state index < -0.39 is 5.79 Å². The Morgan fingerprint density at radius 3 is 2.60 bits per heavy atom. The molecule has 0 aromatic carbocycles. The van der Waals surface area contributed by atoms with Crippen molar-refractivity contribution in [1.29, 1.82) is 0 Å². The molecular formula is C11H18N2O2. The van der Waals surface area contributed by atoms with E-state index in [4.69, 9.17) is 5.73 Å². The Morgan fingerprint density at radius 1 is 1.20 bits per heavy atom. The standard InChI is InChI=1S/C11H18N2O2/c12-8-4-1-3-7-11(14,15)10-6-2-5-9-13-10/h2,5-6,9,14-15H,1,3-4,7-8,12H2. The first-order valence-corrected chi connectivity index (χ1v) is 5.23. The maximum absolute atomic E-state index is 9.75. The Kier molecular flexibility index (Phi) is 4.68. The van der Waals surface area contributed by atoms with Gasteiger partial charge in [-0.1, -0.05) is 12.5 Å². The van der Waals surface area contributed by atoms with Gasteiger partial charge in [-0.2, -0.15) is 0 Å². The van der Waals surface area contributed by atoms with Crippen molar-refractivity contribution < 1.29 is 10.2 Å². The number of hydrogen-bond acceptors (Lipinski definition) is 4. The molecule has 4 N–H and O–H groups in total. The van der Waals surface area contributed by atoms with Crippen molar-refractivity contribution in [3.8, 4) is 0 Å². The second-order valence-electron chi connectivity index (χ2n) is 3.63. The molecule has 4 nitrogen and oxygen atoms in total. The summed E-state index contributed by atoms with van der Waals surface area (Å²) in [6, 6.07) is 5.10. The molecular weight excluding hydrogens is 192 g/mol. The van der Waals surface area contributed by atoms with Gasteiger partial charge in [0.05, 0.1) is 5.69 Å². The molecule has 0 aliphatic carbocycles. The maximum Gasteiger partial charge on any atom is 0.207 e. The highest BCUT2D eigenvalue weighted by Gasteiger charge is 2.26. The van der Waals surface area contributed by atoms with E-state index in [0.29, 0.717) is 18.7 Å². The summed E-state index contributed by atoms with van der Waals surface area (Å²) in [5, 5.41) is 19.5. The second kappa shape index (κ2) is 5.80. The number of rotatable bonds is 6. The number of nitrogens with zero attached hydrogens (tertiary/aromatic N) is 1. The lowest BCUT2D eigenvalue weighted by molar-refractivity contribution is -0.178. The lowest BCUT2D eigenvalue weighted by Crippen LogP contribution is -2.26. The first kappa shape index (κ1) is 12.1. The van der Waals surface area contributed by atoms with Crippen molar-refractivity contribution in [2.75, 3.05) is 6.54 Å². The zero-order chi connectivity index (χ0) is 11.1. The summed E-state index contributed by atoms with van der Waals surface area (Å²) in [5.41, 5.74) is 5.66. The van der Waals surface area contributed by atoms with Gasteiger partial charge >= 0.3 is 0 Å². The topological polar surface area (TPSA) is 79.4 Å². The predicted octanol–water partition coefficient (Wildman–Crippen LogP) is 0.738. The van der Waals surface area contributed by atoms with Crippen molar-refractivity contribution in [3.63, 3.8) is 0 Å². The number of pyridine rings is 1. The molecule has 0 unspecified atom stereocenters. The minimum Gasteiger partial charge on any atom is -0.361 e. The molecule has 0 aliphatic heterocycles. The van der Waals surface area contributed by atoms with Crippen LogP contribution in [-0.4, -0.2) is 21.7 Å². The molecule has 1 aromatic heterocycles. The monoisotopic (exact) mass is 210 g/mol. The quantitative estimate of drug-likeness (QED) is 0.478. The highest BCUT2D eigenvalue weighted by molar-refractivity contribution is 5.09. The van der Waals surface area contributed by atoms with Gasteiger partial charge in [0.15, 0.2) is 0 Å². The van der Waals surface area contributed by atoms with E-state index >= 15 is 0 Å². The van der Waals surface area contributed by atoms with Crippen LogP contribution in [0.25, 0.3) is 0 Å². The van der Waals surface area contributed by atoms with Gasteiger partial charge in [-0.3, -0.25) is 4.98 Å².